The first-order valence-electron chi connectivity index (χ1n) is 6.17. The molecule has 5 nitrogen and oxygen atoms in total. The maximum atomic E-state index is 5.83. The number of nitrogens with one attached hydrogen (secondary N) is 1. The average molecular weight is 307 g/mol. The highest BCUT2D eigenvalue weighted by atomic mass is 32.2. The number of benzene rings is 1. The Labute approximate surface area is 128 Å². The molecule has 1 aromatic heterocycles. The lowest BCUT2D eigenvalue weighted by Gasteiger charge is -2.13. The van der Waals surface area contributed by atoms with E-state index in [1.165, 1.54) is 0 Å². The van der Waals surface area contributed by atoms with Gasteiger partial charge in [-0.3, -0.25) is 4.68 Å². The van der Waals surface area contributed by atoms with Crippen molar-refractivity contribution >= 4 is 34.7 Å². The molecule has 2 aromatic rings. The molecule has 0 saturated carbocycles. The molecule has 1 heterocycles. The number of thiocarbonyl (C=S) groups is 1. The Bertz CT molecular complexity index is 609. The maximum absolute atomic E-state index is 5.83. The zero-order chi connectivity index (χ0) is 14.5. The maximum Gasteiger partial charge on any atom is 0.152 e. The number of anilines is 1. The zero-order valence-corrected chi connectivity index (χ0v) is 13.1. The summed E-state index contributed by atoms with van der Waals surface area (Å²) in [6.07, 6.45) is 4.46. The van der Waals surface area contributed by atoms with Crippen molar-refractivity contribution in [3.05, 3.63) is 35.9 Å². The quantitative estimate of drug-likeness (QED) is 0.627. The predicted molar refractivity (Wildman–Crippen MR) is 87.3 cm³/mol. The molecule has 0 bridgehead atoms. The highest BCUT2D eigenvalue weighted by Gasteiger charge is 2.10. The van der Waals surface area contributed by atoms with Crippen LogP contribution in [0, 0.1) is 0 Å². The first kappa shape index (κ1) is 14.8. The lowest BCUT2D eigenvalue weighted by Crippen LogP contribution is -2.16. The molecule has 106 valence electrons. The van der Waals surface area contributed by atoms with Gasteiger partial charge in [0.2, 0.25) is 0 Å². The lowest BCUT2D eigenvalue weighted by atomic mass is 10.1. The summed E-state index contributed by atoms with van der Waals surface area (Å²) >= 11 is 6.78. The van der Waals surface area contributed by atoms with Gasteiger partial charge < -0.3 is 11.1 Å². The van der Waals surface area contributed by atoms with Gasteiger partial charge >= 0.3 is 0 Å². The first-order chi connectivity index (χ1) is 9.61. The molecule has 7 heteroatoms. The van der Waals surface area contributed by atoms with Crippen LogP contribution in [-0.2, 0) is 13.5 Å². The van der Waals surface area contributed by atoms with Crippen molar-refractivity contribution in [1.29, 1.82) is 0 Å². The molecule has 2 rings (SSSR count). The van der Waals surface area contributed by atoms with Crippen LogP contribution in [0.5, 0.6) is 0 Å². The molecule has 0 saturated heterocycles. The molecule has 0 amide bonds. The third-order valence-electron chi connectivity index (χ3n) is 2.80. The Balaban J connectivity index is 2.07. The number of hydrogen-bond acceptors (Lipinski definition) is 5. The third kappa shape index (κ3) is 3.49. The number of nitrogens with two attached hydrogens (primary N) is 1. The van der Waals surface area contributed by atoms with Crippen LogP contribution in [0.1, 0.15) is 11.4 Å². The van der Waals surface area contributed by atoms with Gasteiger partial charge in [-0.05, 0) is 18.4 Å². The topological polar surface area (TPSA) is 68.8 Å². The van der Waals surface area contributed by atoms with E-state index in [0.717, 1.165) is 34.9 Å². The number of aryl methyl sites for hydroxylation is 1. The van der Waals surface area contributed by atoms with Crippen molar-refractivity contribution in [3.63, 3.8) is 0 Å². The van der Waals surface area contributed by atoms with E-state index < -0.39 is 0 Å². The Kier molecular flexibility index (Phi) is 4.97. The SMILES string of the molecule is CSc1cccc(NCCc2ncn(C)n2)c1C(N)=S. The molecule has 0 aliphatic rings. The molecule has 0 aliphatic heterocycles. The molecule has 3 N–H and O–H groups in total. The van der Waals surface area contributed by atoms with Gasteiger partial charge in [0.1, 0.15) is 11.3 Å². The van der Waals surface area contributed by atoms with Crippen LogP contribution >= 0.6 is 24.0 Å². The van der Waals surface area contributed by atoms with E-state index >= 15 is 0 Å². The van der Waals surface area contributed by atoms with Crippen molar-refractivity contribution in [1.82, 2.24) is 14.8 Å². The molecular formula is C13H17N5S2. The normalized spacial score (nSPS) is 10.5. The monoisotopic (exact) mass is 307 g/mol. The summed E-state index contributed by atoms with van der Waals surface area (Å²) in [5.74, 6) is 0.817. The number of thioether (sulfide) groups is 1. The number of hydrogen-bond donors (Lipinski definition) is 2. The number of aromatic nitrogens is 3. The molecule has 0 radical (unpaired) electrons. The van der Waals surface area contributed by atoms with Gasteiger partial charge in [-0.25, -0.2) is 4.98 Å². The molecule has 1 aromatic carbocycles. The average Bonchev–Trinajstić information content (AvgIpc) is 2.83. The van der Waals surface area contributed by atoms with Gasteiger partial charge in [0, 0.05) is 36.2 Å². The van der Waals surface area contributed by atoms with Crippen molar-refractivity contribution in [2.75, 3.05) is 18.1 Å². The minimum atomic E-state index is 0.411. The van der Waals surface area contributed by atoms with Crippen LogP contribution in [-0.4, -0.2) is 32.6 Å². The zero-order valence-electron chi connectivity index (χ0n) is 11.5. The molecule has 20 heavy (non-hydrogen) atoms. The standard InChI is InChI=1S/C13H17N5S2/c1-18-8-16-11(17-18)6-7-15-9-4-3-5-10(20-2)12(9)13(14)19/h3-5,8,15H,6-7H2,1-2H3,(H2,14,19). The van der Waals surface area contributed by atoms with E-state index in [1.54, 1.807) is 22.8 Å². The van der Waals surface area contributed by atoms with Gasteiger partial charge in [-0.15, -0.1) is 11.8 Å². The summed E-state index contributed by atoms with van der Waals surface area (Å²) in [5, 5.41) is 7.60. The minimum absolute atomic E-state index is 0.411. The third-order valence-corrected chi connectivity index (χ3v) is 3.79. The summed E-state index contributed by atoms with van der Waals surface area (Å²) in [6.45, 7) is 0.734. The van der Waals surface area contributed by atoms with Crippen LogP contribution in [0.15, 0.2) is 29.4 Å². The lowest BCUT2D eigenvalue weighted by molar-refractivity contribution is 0.742. The Morgan fingerprint density at radius 2 is 2.30 bits per heavy atom. The largest absolute Gasteiger partial charge is 0.389 e. The number of rotatable bonds is 6. The fourth-order valence-corrected chi connectivity index (χ4v) is 2.83. The van der Waals surface area contributed by atoms with Gasteiger partial charge in [-0.1, -0.05) is 18.3 Å². The molecule has 0 spiro atoms. The molecule has 0 atom stereocenters. The molecule has 0 unspecified atom stereocenters. The van der Waals surface area contributed by atoms with Crippen LogP contribution in [0.3, 0.4) is 0 Å². The summed E-state index contributed by atoms with van der Waals surface area (Å²) < 4.78 is 1.70. The van der Waals surface area contributed by atoms with Crippen molar-refractivity contribution in [2.45, 2.75) is 11.3 Å². The van der Waals surface area contributed by atoms with Gasteiger partial charge in [0.05, 0.1) is 0 Å². The predicted octanol–water partition coefficient (Wildman–Crippen LogP) is 1.83. The van der Waals surface area contributed by atoms with Gasteiger partial charge in [0.25, 0.3) is 0 Å². The van der Waals surface area contributed by atoms with E-state index in [4.69, 9.17) is 18.0 Å². The Hall–Kier alpha value is -1.60. The highest BCUT2D eigenvalue weighted by molar-refractivity contribution is 7.98. The summed E-state index contributed by atoms with van der Waals surface area (Å²) in [7, 11) is 1.86. The van der Waals surface area contributed by atoms with E-state index in [0.29, 0.717) is 4.99 Å². The fourth-order valence-electron chi connectivity index (χ4n) is 1.91. The fraction of sp³-hybridized carbons (Fsp3) is 0.308. The van der Waals surface area contributed by atoms with Crippen LogP contribution in [0.2, 0.25) is 0 Å². The van der Waals surface area contributed by atoms with E-state index in [2.05, 4.69) is 15.4 Å². The summed E-state index contributed by atoms with van der Waals surface area (Å²) in [6, 6.07) is 6.00. The number of nitrogens with zero attached hydrogens (tertiary/aromatic N) is 3. The van der Waals surface area contributed by atoms with Crippen molar-refractivity contribution in [2.24, 2.45) is 12.8 Å². The van der Waals surface area contributed by atoms with E-state index in [1.807, 2.05) is 31.5 Å². The summed E-state index contributed by atoms with van der Waals surface area (Å²) in [5.41, 5.74) is 7.69. The second kappa shape index (κ2) is 6.71. The Morgan fingerprint density at radius 3 is 2.90 bits per heavy atom. The second-order valence-corrected chi connectivity index (χ2v) is 5.55. The molecule has 0 aliphatic carbocycles. The molecular weight excluding hydrogens is 290 g/mol. The summed E-state index contributed by atoms with van der Waals surface area (Å²) in [4.78, 5) is 5.69. The van der Waals surface area contributed by atoms with E-state index in [-0.39, 0.29) is 0 Å². The van der Waals surface area contributed by atoms with Crippen molar-refractivity contribution in [3.8, 4) is 0 Å². The minimum Gasteiger partial charge on any atom is -0.389 e. The van der Waals surface area contributed by atoms with Gasteiger partial charge in [0.15, 0.2) is 5.82 Å². The van der Waals surface area contributed by atoms with Crippen LogP contribution in [0.4, 0.5) is 5.69 Å². The van der Waals surface area contributed by atoms with Crippen LogP contribution in [0.25, 0.3) is 0 Å². The van der Waals surface area contributed by atoms with Crippen LogP contribution < -0.4 is 11.1 Å². The highest BCUT2D eigenvalue weighted by Crippen LogP contribution is 2.27. The molecule has 0 fully saturated rings. The Morgan fingerprint density at radius 1 is 1.50 bits per heavy atom. The second-order valence-electron chi connectivity index (χ2n) is 4.26. The van der Waals surface area contributed by atoms with E-state index in [9.17, 15) is 0 Å². The smallest absolute Gasteiger partial charge is 0.152 e. The van der Waals surface area contributed by atoms with Gasteiger partial charge in [-0.2, -0.15) is 5.10 Å². The first-order valence-corrected chi connectivity index (χ1v) is 7.80. The van der Waals surface area contributed by atoms with Crippen molar-refractivity contribution < 1.29 is 0 Å².